The largest absolute Gasteiger partial charge is 0.496 e. The molecule has 1 aromatic rings. The first-order valence-corrected chi connectivity index (χ1v) is 5.93. The lowest BCUT2D eigenvalue weighted by Crippen LogP contribution is -2.53. The number of halogens is 1. The first-order valence-electron chi connectivity index (χ1n) is 5.14. The zero-order valence-electron chi connectivity index (χ0n) is 9.66. The van der Waals surface area contributed by atoms with Crippen LogP contribution in [0.25, 0.3) is 0 Å². The predicted octanol–water partition coefficient (Wildman–Crippen LogP) is 1.90. The molecular weight excluding hydrogens is 288 g/mol. The summed E-state index contributed by atoms with van der Waals surface area (Å²) in [6.45, 7) is 0.719. The van der Waals surface area contributed by atoms with Crippen LogP contribution in [0.1, 0.15) is 5.56 Å². The van der Waals surface area contributed by atoms with E-state index >= 15 is 0 Å². The molecule has 0 unspecified atom stereocenters. The van der Waals surface area contributed by atoms with Crippen LogP contribution in [0.4, 0.5) is 0 Å². The molecule has 1 saturated heterocycles. The van der Waals surface area contributed by atoms with E-state index in [1.165, 1.54) is 7.11 Å². The molecule has 17 heavy (non-hydrogen) atoms. The minimum Gasteiger partial charge on any atom is -0.496 e. The Kier molecular flexibility index (Phi) is 3.40. The summed E-state index contributed by atoms with van der Waals surface area (Å²) in [4.78, 5) is 11.8. The molecule has 5 heteroatoms. The van der Waals surface area contributed by atoms with Crippen LogP contribution in [0.15, 0.2) is 22.7 Å². The topological polar surface area (TPSA) is 44.8 Å². The number of methoxy groups -OCH3 is 2. The van der Waals surface area contributed by atoms with Crippen LogP contribution in [0.5, 0.6) is 5.75 Å². The zero-order chi connectivity index (χ0) is 12.5. The summed E-state index contributed by atoms with van der Waals surface area (Å²) in [6, 6.07) is 5.56. The van der Waals surface area contributed by atoms with Crippen molar-refractivity contribution in [2.24, 2.45) is 0 Å². The van der Waals surface area contributed by atoms with Crippen LogP contribution in [-0.2, 0) is 19.7 Å². The van der Waals surface area contributed by atoms with Crippen LogP contribution in [0, 0.1) is 0 Å². The Hall–Kier alpha value is -1.07. The smallest absolute Gasteiger partial charge is 0.321 e. The highest BCUT2D eigenvalue weighted by atomic mass is 79.9. The van der Waals surface area contributed by atoms with Gasteiger partial charge in [-0.15, -0.1) is 0 Å². The predicted molar refractivity (Wildman–Crippen MR) is 65.2 cm³/mol. The molecule has 1 aromatic carbocycles. The van der Waals surface area contributed by atoms with Crippen molar-refractivity contribution in [3.8, 4) is 5.75 Å². The third kappa shape index (κ3) is 1.93. The lowest BCUT2D eigenvalue weighted by molar-refractivity contribution is -0.166. The summed E-state index contributed by atoms with van der Waals surface area (Å²) in [5, 5.41) is 0. The standard InChI is InChI=1S/C12H13BrO4/c1-15-10-4-3-8(5-9(10)13)12(6-17-7-12)11(14)16-2/h3-5H,6-7H2,1-2H3. The highest BCUT2D eigenvalue weighted by molar-refractivity contribution is 9.10. The number of rotatable bonds is 3. The van der Waals surface area contributed by atoms with Gasteiger partial charge < -0.3 is 14.2 Å². The SMILES string of the molecule is COC(=O)C1(c2ccc(OC)c(Br)c2)COC1. The highest BCUT2D eigenvalue weighted by Gasteiger charge is 2.48. The minimum atomic E-state index is -0.663. The number of hydrogen-bond acceptors (Lipinski definition) is 4. The number of ether oxygens (including phenoxy) is 3. The van der Waals surface area contributed by atoms with Gasteiger partial charge in [0, 0.05) is 0 Å². The fourth-order valence-corrected chi connectivity index (χ4v) is 2.41. The van der Waals surface area contributed by atoms with Crippen LogP contribution < -0.4 is 4.74 Å². The van der Waals surface area contributed by atoms with E-state index in [0.717, 1.165) is 15.8 Å². The van der Waals surface area contributed by atoms with Gasteiger partial charge in [0.2, 0.25) is 0 Å². The summed E-state index contributed by atoms with van der Waals surface area (Å²) in [5.41, 5.74) is 0.215. The molecule has 2 rings (SSSR count). The summed E-state index contributed by atoms with van der Waals surface area (Å²) >= 11 is 3.41. The Balaban J connectivity index is 2.38. The Morgan fingerprint density at radius 3 is 2.53 bits per heavy atom. The molecule has 0 spiro atoms. The van der Waals surface area contributed by atoms with Gasteiger partial charge in [0.15, 0.2) is 0 Å². The van der Waals surface area contributed by atoms with Gasteiger partial charge in [0.1, 0.15) is 11.2 Å². The maximum absolute atomic E-state index is 11.8. The monoisotopic (exact) mass is 300 g/mol. The highest BCUT2D eigenvalue weighted by Crippen LogP contribution is 2.37. The van der Waals surface area contributed by atoms with Crippen molar-refractivity contribution in [1.82, 2.24) is 0 Å². The van der Waals surface area contributed by atoms with Crippen LogP contribution in [-0.4, -0.2) is 33.4 Å². The molecular formula is C12H13BrO4. The van der Waals surface area contributed by atoms with Gasteiger partial charge in [-0.3, -0.25) is 4.79 Å². The molecule has 4 nitrogen and oxygen atoms in total. The second-order valence-corrected chi connectivity index (χ2v) is 4.77. The van der Waals surface area contributed by atoms with Crippen molar-refractivity contribution in [3.05, 3.63) is 28.2 Å². The molecule has 0 aliphatic carbocycles. The number of benzene rings is 1. The first-order chi connectivity index (χ1) is 8.14. The molecule has 1 aliphatic rings. The van der Waals surface area contributed by atoms with E-state index in [1.807, 2.05) is 18.2 Å². The molecule has 0 atom stereocenters. The maximum Gasteiger partial charge on any atom is 0.321 e. The quantitative estimate of drug-likeness (QED) is 0.800. The second kappa shape index (κ2) is 4.66. The second-order valence-electron chi connectivity index (χ2n) is 3.92. The van der Waals surface area contributed by atoms with E-state index in [-0.39, 0.29) is 5.97 Å². The molecule has 92 valence electrons. The zero-order valence-corrected chi connectivity index (χ0v) is 11.2. The maximum atomic E-state index is 11.8. The van der Waals surface area contributed by atoms with Gasteiger partial charge in [-0.05, 0) is 33.6 Å². The average molecular weight is 301 g/mol. The van der Waals surface area contributed by atoms with Gasteiger partial charge >= 0.3 is 5.97 Å². The van der Waals surface area contributed by atoms with Crippen molar-refractivity contribution in [3.63, 3.8) is 0 Å². The molecule has 1 aliphatic heterocycles. The molecule has 0 aromatic heterocycles. The molecule has 0 amide bonds. The van der Waals surface area contributed by atoms with Gasteiger partial charge in [0.25, 0.3) is 0 Å². The van der Waals surface area contributed by atoms with E-state index in [1.54, 1.807) is 7.11 Å². The van der Waals surface area contributed by atoms with Crippen molar-refractivity contribution in [2.75, 3.05) is 27.4 Å². The Morgan fingerprint density at radius 1 is 1.41 bits per heavy atom. The van der Waals surface area contributed by atoms with Crippen molar-refractivity contribution in [1.29, 1.82) is 0 Å². The molecule has 0 N–H and O–H groups in total. The van der Waals surface area contributed by atoms with Gasteiger partial charge in [-0.2, -0.15) is 0 Å². The Labute approximate surface area is 108 Å². The minimum absolute atomic E-state index is 0.263. The first kappa shape index (κ1) is 12.4. The molecule has 0 saturated carbocycles. The number of esters is 1. The van der Waals surface area contributed by atoms with E-state index in [9.17, 15) is 4.79 Å². The molecule has 0 radical (unpaired) electrons. The summed E-state index contributed by atoms with van der Waals surface area (Å²) < 4.78 is 16.0. The lowest BCUT2D eigenvalue weighted by atomic mass is 9.78. The Bertz CT molecular complexity index is 440. The van der Waals surface area contributed by atoms with E-state index in [2.05, 4.69) is 15.9 Å². The number of hydrogen-bond donors (Lipinski definition) is 0. The Morgan fingerprint density at radius 2 is 2.12 bits per heavy atom. The molecule has 1 heterocycles. The molecule has 0 bridgehead atoms. The van der Waals surface area contributed by atoms with E-state index < -0.39 is 5.41 Å². The lowest BCUT2D eigenvalue weighted by Gasteiger charge is -2.39. The van der Waals surface area contributed by atoms with Gasteiger partial charge in [0.05, 0.1) is 31.9 Å². The fourth-order valence-electron chi connectivity index (χ4n) is 1.87. The van der Waals surface area contributed by atoms with Crippen molar-refractivity contribution < 1.29 is 19.0 Å². The summed E-state index contributed by atoms with van der Waals surface area (Å²) in [6.07, 6.45) is 0. The van der Waals surface area contributed by atoms with Crippen LogP contribution >= 0.6 is 15.9 Å². The normalized spacial score (nSPS) is 17.1. The molecule has 1 fully saturated rings. The van der Waals surface area contributed by atoms with Crippen LogP contribution in [0.2, 0.25) is 0 Å². The van der Waals surface area contributed by atoms with Crippen molar-refractivity contribution >= 4 is 21.9 Å². The van der Waals surface area contributed by atoms with Crippen molar-refractivity contribution in [2.45, 2.75) is 5.41 Å². The van der Waals surface area contributed by atoms with Crippen LogP contribution in [0.3, 0.4) is 0 Å². The van der Waals surface area contributed by atoms with E-state index in [4.69, 9.17) is 14.2 Å². The fraction of sp³-hybridized carbons (Fsp3) is 0.417. The average Bonchev–Trinajstić information content (AvgIpc) is 2.27. The number of carbonyl (C=O) groups is 1. The third-order valence-electron chi connectivity index (χ3n) is 2.98. The summed E-state index contributed by atoms with van der Waals surface area (Å²) in [7, 11) is 2.99. The number of carbonyl (C=O) groups excluding carboxylic acids is 1. The third-order valence-corrected chi connectivity index (χ3v) is 3.60. The summed E-state index contributed by atoms with van der Waals surface area (Å²) in [5.74, 6) is 0.467. The van der Waals surface area contributed by atoms with E-state index in [0.29, 0.717) is 13.2 Å². The van der Waals surface area contributed by atoms with Gasteiger partial charge in [-0.1, -0.05) is 6.07 Å². The van der Waals surface area contributed by atoms with Gasteiger partial charge in [-0.25, -0.2) is 0 Å².